The van der Waals surface area contributed by atoms with Crippen LogP contribution >= 0.6 is 0 Å². The highest BCUT2D eigenvalue weighted by atomic mass is 32.2. The Balaban J connectivity index is 3.86. The first kappa shape index (κ1) is 15.9. The van der Waals surface area contributed by atoms with Crippen molar-refractivity contribution in [3.8, 4) is 0 Å². The second kappa shape index (κ2) is 8.03. The highest BCUT2D eigenvalue weighted by Gasteiger charge is 2.17. The van der Waals surface area contributed by atoms with Crippen LogP contribution in [0.4, 0.5) is 0 Å². The first-order valence-electron chi connectivity index (χ1n) is 5.96. The highest BCUT2D eigenvalue weighted by Crippen LogP contribution is 2.04. The maximum atomic E-state index is 11.6. The van der Waals surface area contributed by atoms with Crippen molar-refractivity contribution in [1.29, 1.82) is 0 Å². The van der Waals surface area contributed by atoms with Crippen molar-refractivity contribution in [3.05, 3.63) is 0 Å². The lowest BCUT2D eigenvalue weighted by Crippen LogP contribution is -2.33. The van der Waals surface area contributed by atoms with Crippen LogP contribution in [0.2, 0.25) is 0 Å². The minimum absolute atomic E-state index is 0.129. The minimum Gasteiger partial charge on any atom is -0.391 e. The summed E-state index contributed by atoms with van der Waals surface area (Å²) < 4.78 is 23.2. The molecule has 0 aliphatic heterocycles. The van der Waals surface area contributed by atoms with Crippen LogP contribution in [0.3, 0.4) is 0 Å². The van der Waals surface area contributed by atoms with Crippen LogP contribution in [-0.2, 0) is 9.84 Å². The third-order valence-electron chi connectivity index (χ3n) is 2.26. The highest BCUT2D eigenvalue weighted by molar-refractivity contribution is 7.91. The van der Waals surface area contributed by atoms with Gasteiger partial charge in [0.15, 0.2) is 9.84 Å². The summed E-state index contributed by atoms with van der Waals surface area (Å²) >= 11 is 0. The molecule has 0 aromatic carbocycles. The lowest BCUT2D eigenvalue weighted by Gasteiger charge is -2.12. The summed E-state index contributed by atoms with van der Waals surface area (Å²) in [6.07, 6.45) is 0.855. The third-order valence-corrected chi connectivity index (χ3v) is 4.01. The third kappa shape index (κ3) is 9.12. The van der Waals surface area contributed by atoms with Crippen LogP contribution < -0.4 is 5.32 Å². The topological polar surface area (TPSA) is 66.4 Å². The number of sulfone groups is 1. The van der Waals surface area contributed by atoms with Gasteiger partial charge in [0, 0.05) is 6.54 Å². The molecule has 0 aromatic rings. The van der Waals surface area contributed by atoms with Crippen molar-refractivity contribution >= 4 is 9.84 Å². The smallest absolute Gasteiger partial charge is 0.152 e. The van der Waals surface area contributed by atoms with E-state index in [1.807, 2.05) is 20.8 Å². The van der Waals surface area contributed by atoms with Crippen LogP contribution in [-0.4, -0.2) is 44.2 Å². The van der Waals surface area contributed by atoms with Crippen LogP contribution in [0, 0.1) is 5.92 Å². The molecule has 0 heterocycles. The molecule has 4 nitrogen and oxygen atoms in total. The molecule has 5 heteroatoms. The van der Waals surface area contributed by atoms with Crippen LogP contribution in [0.15, 0.2) is 0 Å². The van der Waals surface area contributed by atoms with Gasteiger partial charge in [-0.3, -0.25) is 0 Å². The Kier molecular flexibility index (Phi) is 7.97. The van der Waals surface area contributed by atoms with E-state index in [9.17, 15) is 13.5 Å². The molecular weight excluding hydrogens is 226 g/mol. The molecule has 0 amide bonds. The Bertz CT molecular complexity index is 262. The number of hydrogen-bond acceptors (Lipinski definition) is 4. The summed E-state index contributed by atoms with van der Waals surface area (Å²) in [5, 5.41) is 12.5. The Labute approximate surface area is 99.4 Å². The quantitative estimate of drug-likeness (QED) is 0.595. The monoisotopic (exact) mass is 251 g/mol. The van der Waals surface area contributed by atoms with Crippen molar-refractivity contribution in [2.24, 2.45) is 5.92 Å². The fourth-order valence-corrected chi connectivity index (χ4v) is 3.00. The van der Waals surface area contributed by atoms with Gasteiger partial charge in [-0.25, -0.2) is 8.42 Å². The molecule has 16 heavy (non-hydrogen) atoms. The van der Waals surface area contributed by atoms with Gasteiger partial charge in [-0.15, -0.1) is 0 Å². The SMILES string of the molecule is CCCNCC(O)CS(=O)(=O)CCC(C)C. The first-order chi connectivity index (χ1) is 7.37. The normalized spacial score (nSPS) is 14.3. The molecule has 1 unspecified atom stereocenters. The fourth-order valence-electron chi connectivity index (χ4n) is 1.30. The number of rotatable bonds is 9. The molecule has 0 spiro atoms. The Morgan fingerprint density at radius 3 is 2.44 bits per heavy atom. The van der Waals surface area contributed by atoms with E-state index in [-0.39, 0.29) is 11.5 Å². The van der Waals surface area contributed by atoms with Crippen LogP contribution in [0.25, 0.3) is 0 Å². The summed E-state index contributed by atoms with van der Waals surface area (Å²) in [5.41, 5.74) is 0. The molecule has 0 aliphatic rings. The van der Waals surface area contributed by atoms with E-state index < -0.39 is 15.9 Å². The fraction of sp³-hybridized carbons (Fsp3) is 1.00. The molecule has 0 aromatic heterocycles. The van der Waals surface area contributed by atoms with E-state index in [0.717, 1.165) is 13.0 Å². The summed E-state index contributed by atoms with van der Waals surface area (Å²) in [6, 6.07) is 0. The van der Waals surface area contributed by atoms with Crippen molar-refractivity contribution in [1.82, 2.24) is 5.32 Å². The second-order valence-electron chi connectivity index (χ2n) is 4.65. The van der Waals surface area contributed by atoms with Gasteiger partial charge in [0.2, 0.25) is 0 Å². The average Bonchev–Trinajstić information content (AvgIpc) is 2.15. The Morgan fingerprint density at radius 1 is 1.31 bits per heavy atom. The van der Waals surface area contributed by atoms with Gasteiger partial charge in [-0.05, 0) is 25.3 Å². The number of aliphatic hydroxyl groups is 1. The second-order valence-corrected chi connectivity index (χ2v) is 6.88. The van der Waals surface area contributed by atoms with Crippen LogP contribution in [0.1, 0.15) is 33.6 Å². The molecular formula is C11H25NO3S. The van der Waals surface area contributed by atoms with Gasteiger partial charge >= 0.3 is 0 Å². The lowest BCUT2D eigenvalue weighted by atomic mass is 10.2. The zero-order chi connectivity index (χ0) is 12.6. The molecule has 0 aliphatic carbocycles. The molecule has 0 saturated carbocycles. The van der Waals surface area contributed by atoms with E-state index in [1.165, 1.54) is 0 Å². The molecule has 2 N–H and O–H groups in total. The summed E-state index contributed by atoms with van der Waals surface area (Å²) in [6.45, 7) is 7.18. The standard InChI is InChI=1S/C11H25NO3S/c1-4-6-12-8-11(13)9-16(14,15)7-5-10(2)3/h10-13H,4-9H2,1-3H3. The van der Waals surface area contributed by atoms with Gasteiger partial charge < -0.3 is 10.4 Å². The maximum Gasteiger partial charge on any atom is 0.152 e. The number of aliphatic hydroxyl groups excluding tert-OH is 1. The molecule has 0 radical (unpaired) electrons. The number of hydrogen-bond donors (Lipinski definition) is 2. The van der Waals surface area contributed by atoms with E-state index in [2.05, 4.69) is 5.32 Å². The predicted octanol–water partition coefficient (Wildman–Crippen LogP) is 0.808. The summed E-state index contributed by atoms with van der Waals surface area (Å²) in [7, 11) is -3.10. The van der Waals surface area contributed by atoms with Gasteiger partial charge in [-0.1, -0.05) is 20.8 Å². The van der Waals surface area contributed by atoms with Crippen LogP contribution in [0.5, 0.6) is 0 Å². The molecule has 1 atom stereocenters. The molecule has 0 bridgehead atoms. The molecule has 0 fully saturated rings. The van der Waals surface area contributed by atoms with Gasteiger partial charge in [0.25, 0.3) is 0 Å². The molecule has 98 valence electrons. The number of nitrogens with one attached hydrogen (secondary N) is 1. The molecule has 0 saturated heterocycles. The lowest BCUT2D eigenvalue weighted by molar-refractivity contribution is 0.194. The van der Waals surface area contributed by atoms with Gasteiger partial charge in [-0.2, -0.15) is 0 Å². The maximum absolute atomic E-state index is 11.6. The predicted molar refractivity (Wildman–Crippen MR) is 67.3 cm³/mol. The summed E-state index contributed by atoms with van der Waals surface area (Å²) in [5.74, 6) is 0.427. The van der Waals surface area contributed by atoms with E-state index in [1.54, 1.807) is 0 Å². The van der Waals surface area contributed by atoms with E-state index >= 15 is 0 Å². The summed E-state index contributed by atoms with van der Waals surface area (Å²) in [4.78, 5) is 0. The largest absolute Gasteiger partial charge is 0.391 e. The Hall–Kier alpha value is -0.130. The Morgan fingerprint density at radius 2 is 1.94 bits per heavy atom. The van der Waals surface area contributed by atoms with Crippen molar-refractivity contribution in [2.45, 2.75) is 39.7 Å². The van der Waals surface area contributed by atoms with E-state index in [0.29, 0.717) is 18.9 Å². The van der Waals surface area contributed by atoms with Crippen molar-refractivity contribution in [2.75, 3.05) is 24.6 Å². The zero-order valence-electron chi connectivity index (χ0n) is 10.6. The average molecular weight is 251 g/mol. The molecule has 0 rings (SSSR count). The van der Waals surface area contributed by atoms with Gasteiger partial charge in [0.1, 0.15) is 0 Å². The van der Waals surface area contributed by atoms with E-state index in [4.69, 9.17) is 0 Å². The first-order valence-corrected chi connectivity index (χ1v) is 7.78. The minimum atomic E-state index is -3.10. The van der Waals surface area contributed by atoms with Gasteiger partial charge in [0.05, 0.1) is 17.6 Å². The van der Waals surface area contributed by atoms with Crippen molar-refractivity contribution in [3.63, 3.8) is 0 Å². The van der Waals surface area contributed by atoms with Crippen molar-refractivity contribution < 1.29 is 13.5 Å². The zero-order valence-corrected chi connectivity index (χ0v) is 11.4.